The molecule has 0 radical (unpaired) electrons. The standard InChI is InChI=1S/C21H19ClN4O/c1-11-3-5-15(7-12(11)2)24-21-23-10-13-8-18-20(27-18)25-17-9-14(22)4-6-16(17)19(13)26-21/h3-7,9-10,18,20,25H,8H2,1-2H3,(H,23,24,26). The molecule has 5 nitrogen and oxygen atoms in total. The van der Waals surface area contributed by atoms with Crippen LogP contribution in [0.2, 0.25) is 5.02 Å². The van der Waals surface area contributed by atoms with Crippen LogP contribution in [0.4, 0.5) is 17.3 Å². The summed E-state index contributed by atoms with van der Waals surface area (Å²) < 4.78 is 5.72. The van der Waals surface area contributed by atoms with Crippen molar-refractivity contribution < 1.29 is 4.74 Å². The second-order valence-electron chi connectivity index (χ2n) is 7.12. The average Bonchev–Trinajstić information content (AvgIpc) is 3.35. The summed E-state index contributed by atoms with van der Waals surface area (Å²) in [5.74, 6) is 0.576. The van der Waals surface area contributed by atoms with Crippen molar-refractivity contribution in [3.8, 4) is 11.3 Å². The minimum absolute atomic E-state index is 0.0312. The summed E-state index contributed by atoms with van der Waals surface area (Å²) >= 11 is 6.20. The number of aromatic nitrogens is 2. The van der Waals surface area contributed by atoms with Gasteiger partial charge in [-0.3, -0.25) is 0 Å². The Morgan fingerprint density at radius 2 is 2.04 bits per heavy atom. The first-order valence-corrected chi connectivity index (χ1v) is 9.37. The van der Waals surface area contributed by atoms with Crippen LogP contribution in [-0.4, -0.2) is 22.3 Å². The number of anilines is 3. The van der Waals surface area contributed by atoms with Crippen molar-refractivity contribution >= 4 is 28.9 Å². The summed E-state index contributed by atoms with van der Waals surface area (Å²) in [5.41, 5.74) is 7.40. The Balaban J connectivity index is 1.56. The first-order chi connectivity index (χ1) is 13.1. The van der Waals surface area contributed by atoms with Crippen LogP contribution >= 0.6 is 11.6 Å². The Hall–Kier alpha value is -2.63. The van der Waals surface area contributed by atoms with Gasteiger partial charge >= 0.3 is 0 Å². The van der Waals surface area contributed by atoms with Gasteiger partial charge < -0.3 is 15.4 Å². The van der Waals surface area contributed by atoms with Crippen molar-refractivity contribution in [2.45, 2.75) is 32.6 Å². The number of rotatable bonds is 2. The van der Waals surface area contributed by atoms with Crippen LogP contribution in [0.1, 0.15) is 16.7 Å². The molecular formula is C21H19ClN4O. The van der Waals surface area contributed by atoms with E-state index < -0.39 is 0 Å². The van der Waals surface area contributed by atoms with E-state index in [4.69, 9.17) is 21.3 Å². The topological polar surface area (TPSA) is 62.4 Å². The number of nitrogens with one attached hydrogen (secondary N) is 2. The van der Waals surface area contributed by atoms with E-state index in [0.29, 0.717) is 11.0 Å². The van der Waals surface area contributed by atoms with E-state index >= 15 is 0 Å². The Kier molecular flexibility index (Phi) is 3.81. The molecule has 5 rings (SSSR count). The summed E-state index contributed by atoms with van der Waals surface area (Å²) in [7, 11) is 0. The van der Waals surface area contributed by atoms with E-state index in [1.165, 1.54) is 11.1 Å². The smallest absolute Gasteiger partial charge is 0.227 e. The van der Waals surface area contributed by atoms with Crippen LogP contribution in [0.3, 0.4) is 0 Å². The highest BCUT2D eigenvalue weighted by Gasteiger charge is 2.41. The fourth-order valence-electron chi connectivity index (χ4n) is 3.44. The van der Waals surface area contributed by atoms with Crippen molar-refractivity contribution in [1.82, 2.24) is 9.97 Å². The first kappa shape index (κ1) is 16.5. The van der Waals surface area contributed by atoms with Gasteiger partial charge in [0.05, 0.1) is 5.69 Å². The molecule has 0 saturated carbocycles. The molecule has 0 bridgehead atoms. The predicted octanol–water partition coefficient (Wildman–Crippen LogP) is 4.85. The van der Waals surface area contributed by atoms with Crippen molar-refractivity contribution in [2.75, 3.05) is 10.6 Å². The van der Waals surface area contributed by atoms with Crippen LogP contribution in [-0.2, 0) is 11.2 Å². The minimum atomic E-state index is 0.0312. The lowest BCUT2D eigenvalue weighted by Crippen LogP contribution is -2.14. The molecule has 27 heavy (non-hydrogen) atoms. The quantitative estimate of drug-likeness (QED) is 0.624. The summed E-state index contributed by atoms with van der Waals surface area (Å²) in [6, 6.07) is 12.0. The van der Waals surface area contributed by atoms with Crippen LogP contribution in [0, 0.1) is 13.8 Å². The third-order valence-corrected chi connectivity index (χ3v) is 5.40. The van der Waals surface area contributed by atoms with Gasteiger partial charge in [0.25, 0.3) is 0 Å². The molecule has 6 heteroatoms. The van der Waals surface area contributed by atoms with E-state index in [-0.39, 0.29) is 12.3 Å². The molecule has 2 atom stereocenters. The van der Waals surface area contributed by atoms with Gasteiger partial charge in [0, 0.05) is 34.6 Å². The average molecular weight is 379 g/mol. The van der Waals surface area contributed by atoms with Crippen molar-refractivity contribution in [2.24, 2.45) is 0 Å². The lowest BCUT2D eigenvalue weighted by Gasteiger charge is -2.17. The molecule has 2 aliphatic heterocycles. The van der Waals surface area contributed by atoms with E-state index in [0.717, 1.165) is 34.6 Å². The van der Waals surface area contributed by atoms with Gasteiger partial charge in [0.15, 0.2) is 6.23 Å². The minimum Gasteiger partial charge on any atom is -0.357 e. The molecular weight excluding hydrogens is 360 g/mol. The molecule has 0 amide bonds. The number of hydrogen-bond acceptors (Lipinski definition) is 5. The summed E-state index contributed by atoms with van der Waals surface area (Å²) in [6.45, 7) is 4.20. The number of ether oxygens (including phenoxy) is 1. The van der Waals surface area contributed by atoms with Gasteiger partial charge in [-0.25, -0.2) is 9.97 Å². The Labute approximate surface area is 162 Å². The second-order valence-corrected chi connectivity index (χ2v) is 7.56. The monoisotopic (exact) mass is 378 g/mol. The van der Waals surface area contributed by atoms with Gasteiger partial charge in [-0.2, -0.15) is 0 Å². The number of benzene rings is 2. The molecule has 2 aromatic carbocycles. The largest absolute Gasteiger partial charge is 0.357 e. The number of fused-ring (bicyclic) bond motifs is 4. The zero-order chi connectivity index (χ0) is 18.5. The van der Waals surface area contributed by atoms with Crippen molar-refractivity contribution in [3.63, 3.8) is 0 Å². The van der Waals surface area contributed by atoms with Crippen LogP contribution in [0.5, 0.6) is 0 Å². The maximum atomic E-state index is 6.20. The Morgan fingerprint density at radius 1 is 1.15 bits per heavy atom. The lowest BCUT2D eigenvalue weighted by molar-refractivity contribution is 0.381. The molecule has 2 N–H and O–H groups in total. The maximum Gasteiger partial charge on any atom is 0.227 e. The van der Waals surface area contributed by atoms with Gasteiger partial charge in [-0.1, -0.05) is 17.7 Å². The molecule has 1 saturated heterocycles. The van der Waals surface area contributed by atoms with Crippen LogP contribution in [0.15, 0.2) is 42.6 Å². The molecule has 2 aliphatic rings. The van der Waals surface area contributed by atoms with Crippen LogP contribution in [0.25, 0.3) is 11.3 Å². The second kappa shape index (κ2) is 6.22. The van der Waals surface area contributed by atoms with Crippen molar-refractivity contribution in [1.29, 1.82) is 0 Å². The predicted molar refractivity (Wildman–Crippen MR) is 108 cm³/mol. The van der Waals surface area contributed by atoms with Gasteiger partial charge in [-0.15, -0.1) is 0 Å². The highest BCUT2D eigenvalue weighted by atomic mass is 35.5. The number of aryl methyl sites for hydroxylation is 2. The molecule has 3 aromatic rings. The SMILES string of the molecule is Cc1ccc(Nc2ncc3c(n2)-c2ccc(Cl)cc2NC2OC2C3)cc1C. The van der Waals surface area contributed by atoms with Gasteiger partial charge in [-0.05, 0) is 60.9 Å². The summed E-state index contributed by atoms with van der Waals surface area (Å²) in [4.78, 5) is 9.36. The fourth-order valence-corrected chi connectivity index (χ4v) is 3.61. The number of hydrogen-bond donors (Lipinski definition) is 2. The van der Waals surface area contributed by atoms with E-state index in [1.54, 1.807) is 0 Å². The van der Waals surface area contributed by atoms with Crippen LogP contribution < -0.4 is 10.6 Å². The first-order valence-electron chi connectivity index (χ1n) is 8.99. The van der Waals surface area contributed by atoms with E-state index in [1.807, 2.05) is 30.5 Å². The zero-order valence-electron chi connectivity index (χ0n) is 15.1. The third-order valence-electron chi connectivity index (χ3n) is 5.17. The van der Waals surface area contributed by atoms with Gasteiger partial charge in [0.1, 0.15) is 6.10 Å². The molecule has 0 spiro atoms. The summed E-state index contributed by atoms with van der Waals surface area (Å²) in [5, 5.41) is 7.42. The number of epoxide rings is 1. The normalized spacial score (nSPS) is 19.7. The summed E-state index contributed by atoms with van der Waals surface area (Å²) in [6.07, 6.45) is 2.87. The number of halogens is 1. The third kappa shape index (κ3) is 3.13. The highest BCUT2D eigenvalue weighted by molar-refractivity contribution is 6.31. The van der Waals surface area contributed by atoms with E-state index in [2.05, 4.69) is 41.6 Å². The Bertz CT molecular complexity index is 1050. The maximum absolute atomic E-state index is 6.20. The molecule has 3 heterocycles. The van der Waals surface area contributed by atoms with E-state index in [9.17, 15) is 0 Å². The molecule has 1 aromatic heterocycles. The number of nitrogens with zero attached hydrogens (tertiary/aromatic N) is 2. The molecule has 0 aliphatic carbocycles. The Morgan fingerprint density at radius 3 is 2.89 bits per heavy atom. The lowest BCUT2D eigenvalue weighted by atomic mass is 10.00. The molecule has 1 fully saturated rings. The van der Waals surface area contributed by atoms with Crippen molar-refractivity contribution in [3.05, 3.63) is 64.3 Å². The molecule has 2 unspecified atom stereocenters. The highest BCUT2D eigenvalue weighted by Crippen LogP contribution is 2.39. The molecule has 136 valence electrons. The van der Waals surface area contributed by atoms with Gasteiger partial charge in [0.2, 0.25) is 5.95 Å². The fraction of sp³-hybridized carbons (Fsp3) is 0.238. The zero-order valence-corrected chi connectivity index (χ0v) is 15.8.